The van der Waals surface area contributed by atoms with Crippen LogP contribution >= 0.6 is 11.3 Å². The molecule has 3 aromatic rings. The number of hydrogen-bond donors (Lipinski definition) is 0. The lowest BCUT2D eigenvalue weighted by atomic mass is 10.1. The summed E-state index contributed by atoms with van der Waals surface area (Å²) in [5.41, 5.74) is 4.17. The number of aryl methyl sites for hydroxylation is 2. The van der Waals surface area contributed by atoms with Crippen molar-refractivity contribution in [1.29, 1.82) is 0 Å². The van der Waals surface area contributed by atoms with Crippen molar-refractivity contribution >= 4 is 32.6 Å². The highest BCUT2D eigenvalue weighted by Crippen LogP contribution is 2.33. The van der Waals surface area contributed by atoms with Crippen LogP contribution in [0.5, 0.6) is 11.5 Å². The number of methoxy groups -OCH3 is 2. The molecule has 0 radical (unpaired) electrons. The van der Waals surface area contributed by atoms with E-state index in [-0.39, 0.29) is 5.91 Å². The SMILES string of the molecule is COc1ccc(C(=O)N2CCN(c3nc4c(C)ccc(C)c4s3)CC2)cc1OC. The van der Waals surface area contributed by atoms with Crippen LogP contribution in [0.1, 0.15) is 21.5 Å². The second kappa shape index (κ2) is 7.91. The van der Waals surface area contributed by atoms with Crippen LogP contribution in [0.3, 0.4) is 0 Å². The standard InChI is InChI=1S/C22H25N3O3S/c1-14-5-6-15(2)20-19(14)23-22(29-20)25-11-9-24(10-12-25)21(26)16-7-8-17(27-3)18(13-16)28-4/h5-8,13H,9-12H2,1-4H3. The molecule has 0 bridgehead atoms. The molecule has 0 unspecified atom stereocenters. The van der Waals surface area contributed by atoms with Crippen LogP contribution in [-0.4, -0.2) is 56.2 Å². The lowest BCUT2D eigenvalue weighted by Gasteiger charge is -2.34. The number of benzene rings is 2. The topological polar surface area (TPSA) is 54.9 Å². The fourth-order valence-corrected chi connectivity index (χ4v) is 4.80. The molecule has 0 aliphatic carbocycles. The van der Waals surface area contributed by atoms with E-state index in [1.54, 1.807) is 43.8 Å². The smallest absolute Gasteiger partial charge is 0.254 e. The second-order valence-corrected chi connectivity index (χ2v) is 8.20. The molecule has 1 amide bonds. The highest BCUT2D eigenvalue weighted by molar-refractivity contribution is 7.22. The van der Waals surface area contributed by atoms with Gasteiger partial charge in [-0.2, -0.15) is 0 Å². The third-order valence-electron chi connectivity index (χ3n) is 5.40. The molecule has 1 fully saturated rings. The molecule has 1 aliphatic heterocycles. The summed E-state index contributed by atoms with van der Waals surface area (Å²) in [7, 11) is 3.16. The minimum Gasteiger partial charge on any atom is -0.493 e. The zero-order chi connectivity index (χ0) is 20.5. The van der Waals surface area contributed by atoms with E-state index in [9.17, 15) is 4.79 Å². The molecule has 1 aromatic heterocycles. The predicted molar refractivity (Wildman–Crippen MR) is 117 cm³/mol. The number of rotatable bonds is 4. The lowest BCUT2D eigenvalue weighted by Crippen LogP contribution is -2.48. The predicted octanol–water partition coefficient (Wildman–Crippen LogP) is 3.89. The number of fused-ring (bicyclic) bond motifs is 1. The van der Waals surface area contributed by atoms with Gasteiger partial charge in [0.05, 0.1) is 24.4 Å². The van der Waals surface area contributed by atoms with Crippen LogP contribution in [0.4, 0.5) is 5.13 Å². The largest absolute Gasteiger partial charge is 0.493 e. The molecular weight excluding hydrogens is 386 g/mol. The quantitative estimate of drug-likeness (QED) is 0.652. The number of thiazole rings is 1. The van der Waals surface area contributed by atoms with E-state index in [1.165, 1.54) is 15.8 Å². The Balaban J connectivity index is 1.47. The first-order chi connectivity index (χ1) is 14.0. The Labute approximate surface area is 174 Å². The molecule has 0 N–H and O–H groups in total. The van der Waals surface area contributed by atoms with Gasteiger partial charge in [0, 0.05) is 31.7 Å². The van der Waals surface area contributed by atoms with E-state index in [4.69, 9.17) is 14.5 Å². The summed E-state index contributed by atoms with van der Waals surface area (Å²) in [6, 6.07) is 9.58. The molecule has 0 spiro atoms. The highest BCUT2D eigenvalue weighted by atomic mass is 32.1. The molecule has 2 aromatic carbocycles. The molecule has 1 saturated heterocycles. The maximum atomic E-state index is 12.9. The Morgan fingerprint density at radius 3 is 2.31 bits per heavy atom. The fourth-order valence-electron chi connectivity index (χ4n) is 3.64. The molecule has 29 heavy (non-hydrogen) atoms. The summed E-state index contributed by atoms with van der Waals surface area (Å²) in [6.45, 7) is 7.12. The van der Waals surface area contributed by atoms with E-state index in [0.29, 0.717) is 30.2 Å². The summed E-state index contributed by atoms with van der Waals surface area (Å²) in [4.78, 5) is 22.0. The van der Waals surface area contributed by atoms with Gasteiger partial charge in [-0.3, -0.25) is 4.79 Å². The average molecular weight is 412 g/mol. The zero-order valence-corrected chi connectivity index (χ0v) is 18.0. The van der Waals surface area contributed by atoms with E-state index >= 15 is 0 Å². The third-order valence-corrected chi connectivity index (χ3v) is 6.65. The van der Waals surface area contributed by atoms with Gasteiger partial charge in [-0.1, -0.05) is 23.5 Å². The number of hydrogen-bond acceptors (Lipinski definition) is 6. The number of carbonyl (C=O) groups excluding carboxylic acids is 1. The van der Waals surface area contributed by atoms with Crippen molar-refractivity contribution in [3.8, 4) is 11.5 Å². The van der Waals surface area contributed by atoms with Crippen molar-refractivity contribution in [1.82, 2.24) is 9.88 Å². The van der Waals surface area contributed by atoms with Gasteiger partial charge in [0.15, 0.2) is 16.6 Å². The van der Waals surface area contributed by atoms with Gasteiger partial charge in [0.25, 0.3) is 5.91 Å². The summed E-state index contributed by atoms with van der Waals surface area (Å²) in [6.07, 6.45) is 0. The fraction of sp³-hybridized carbons (Fsp3) is 0.364. The molecule has 0 atom stereocenters. The molecule has 4 rings (SSSR count). The Morgan fingerprint density at radius 2 is 1.66 bits per heavy atom. The summed E-state index contributed by atoms with van der Waals surface area (Å²) in [5.74, 6) is 1.20. The Kier molecular flexibility index (Phi) is 5.32. The van der Waals surface area contributed by atoms with E-state index in [1.807, 2.05) is 4.90 Å². The van der Waals surface area contributed by atoms with Crippen LogP contribution in [-0.2, 0) is 0 Å². The summed E-state index contributed by atoms with van der Waals surface area (Å²) in [5, 5.41) is 1.04. The van der Waals surface area contributed by atoms with Gasteiger partial charge in [-0.15, -0.1) is 0 Å². The molecule has 152 valence electrons. The Morgan fingerprint density at radius 1 is 0.966 bits per heavy atom. The highest BCUT2D eigenvalue weighted by Gasteiger charge is 2.25. The lowest BCUT2D eigenvalue weighted by molar-refractivity contribution is 0.0746. The monoisotopic (exact) mass is 411 g/mol. The van der Waals surface area contributed by atoms with Crippen LogP contribution in [0, 0.1) is 13.8 Å². The maximum Gasteiger partial charge on any atom is 0.254 e. The van der Waals surface area contributed by atoms with Gasteiger partial charge in [-0.25, -0.2) is 4.98 Å². The van der Waals surface area contributed by atoms with Crippen molar-refractivity contribution in [3.05, 3.63) is 47.0 Å². The summed E-state index contributed by atoms with van der Waals surface area (Å²) < 4.78 is 11.8. The normalized spacial score (nSPS) is 14.3. The van der Waals surface area contributed by atoms with Gasteiger partial charge >= 0.3 is 0 Å². The maximum absolute atomic E-state index is 12.9. The second-order valence-electron chi connectivity index (χ2n) is 7.22. The van der Waals surface area contributed by atoms with Crippen LogP contribution in [0.25, 0.3) is 10.2 Å². The van der Waals surface area contributed by atoms with Crippen molar-refractivity contribution in [2.75, 3.05) is 45.3 Å². The van der Waals surface area contributed by atoms with E-state index in [0.717, 1.165) is 23.7 Å². The molecule has 1 aliphatic rings. The number of amides is 1. The van der Waals surface area contributed by atoms with Gasteiger partial charge in [0.2, 0.25) is 0 Å². The van der Waals surface area contributed by atoms with Crippen molar-refractivity contribution < 1.29 is 14.3 Å². The number of nitrogens with zero attached hydrogens (tertiary/aromatic N) is 3. The third kappa shape index (κ3) is 3.62. The first-order valence-corrected chi connectivity index (χ1v) is 10.5. The van der Waals surface area contributed by atoms with Crippen LogP contribution < -0.4 is 14.4 Å². The van der Waals surface area contributed by atoms with Gasteiger partial charge < -0.3 is 19.3 Å². The van der Waals surface area contributed by atoms with E-state index in [2.05, 4.69) is 30.9 Å². The number of ether oxygens (including phenoxy) is 2. The minimum atomic E-state index is 0.0154. The molecule has 6 nitrogen and oxygen atoms in total. The average Bonchev–Trinajstić information content (AvgIpc) is 3.22. The molecule has 2 heterocycles. The first-order valence-electron chi connectivity index (χ1n) is 9.65. The van der Waals surface area contributed by atoms with E-state index < -0.39 is 0 Å². The number of piperazine rings is 1. The van der Waals surface area contributed by atoms with Crippen LogP contribution in [0.2, 0.25) is 0 Å². The van der Waals surface area contributed by atoms with Crippen molar-refractivity contribution in [2.45, 2.75) is 13.8 Å². The Bertz CT molecular complexity index is 1020. The van der Waals surface area contributed by atoms with Crippen molar-refractivity contribution in [3.63, 3.8) is 0 Å². The van der Waals surface area contributed by atoms with Crippen molar-refractivity contribution in [2.24, 2.45) is 0 Å². The minimum absolute atomic E-state index is 0.0154. The number of aromatic nitrogens is 1. The van der Waals surface area contributed by atoms with Gasteiger partial charge in [0.1, 0.15) is 0 Å². The van der Waals surface area contributed by atoms with Gasteiger partial charge in [-0.05, 0) is 43.2 Å². The van der Waals surface area contributed by atoms with Crippen LogP contribution in [0.15, 0.2) is 30.3 Å². The molecular formula is C22H25N3O3S. The molecule has 0 saturated carbocycles. The summed E-state index contributed by atoms with van der Waals surface area (Å²) >= 11 is 1.74. The first kappa shape index (κ1) is 19.5. The zero-order valence-electron chi connectivity index (χ0n) is 17.2. The Hall–Kier alpha value is -2.80. The number of carbonyl (C=O) groups is 1. The number of anilines is 1. The molecule has 7 heteroatoms.